The summed E-state index contributed by atoms with van der Waals surface area (Å²) in [5.74, 6) is -1.43. The van der Waals surface area contributed by atoms with Crippen molar-refractivity contribution in [1.82, 2.24) is 4.90 Å². The maximum atomic E-state index is 12.5. The minimum Gasteiger partial charge on any atom is -0.480 e. The van der Waals surface area contributed by atoms with Crippen molar-refractivity contribution in [3.63, 3.8) is 0 Å². The van der Waals surface area contributed by atoms with Crippen LogP contribution in [0.5, 0.6) is 0 Å². The Hall–Kier alpha value is -3.84. The Kier molecular flexibility index (Phi) is 7.35. The van der Waals surface area contributed by atoms with E-state index in [1.807, 2.05) is 25.1 Å². The van der Waals surface area contributed by atoms with Crippen molar-refractivity contribution in [1.29, 1.82) is 0 Å². The number of rotatable bonds is 6. The Morgan fingerprint density at radius 1 is 0.879 bits per heavy atom. The highest BCUT2D eigenvalue weighted by atomic mass is 35.5. The molecule has 3 N–H and O–H groups in total. The Morgan fingerprint density at radius 3 is 1.94 bits per heavy atom. The molecule has 33 heavy (non-hydrogen) atoms. The molecule has 0 fully saturated rings. The molecule has 0 bridgehead atoms. The third-order valence-electron chi connectivity index (χ3n) is 5.30. The van der Waals surface area contributed by atoms with Crippen LogP contribution in [-0.4, -0.2) is 41.0 Å². The number of halogens is 1. The third kappa shape index (κ3) is 5.90. The van der Waals surface area contributed by atoms with Crippen molar-refractivity contribution in [2.24, 2.45) is 0 Å². The summed E-state index contributed by atoms with van der Waals surface area (Å²) in [6.45, 7) is 3.35. The van der Waals surface area contributed by atoms with E-state index in [1.165, 1.54) is 18.9 Å². The molecule has 0 radical (unpaired) electrons. The van der Waals surface area contributed by atoms with E-state index in [2.05, 4.69) is 10.6 Å². The van der Waals surface area contributed by atoms with Crippen LogP contribution in [0.4, 0.5) is 16.2 Å². The smallest absolute Gasteiger partial charge is 0.326 e. The number of hydrogen-bond acceptors (Lipinski definition) is 3. The SMILES string of the molecule is Cc1ccc(NC(=O)Nc2ccc(-c3ccc(C(=O)N(C)[C@@H](C)C(=O)O)cc3)cc2)cc1Cl. The monoisotopic (exact) mass is 465 g/mol. The van der Waals surface area contributed by atoms with Crippen LogP contribution in [0.25, 0.3) is 11.1 Å². The molecule has 0 aliphatic rings. The number of urea groups is 1. The topological polar surface area (TPSA) is 98.7 Å². The molecular weight excluding hydrogens is 442 g/mol. The lowest BCUT2D eigenvalue weighted by atomic mass is 10.0. The van der Waals surface area contributed by atoms with E-state index in [9.17, 15) is 14.4 Å². The molecule has 0 spiro atoms. The van der Waals surface area contributed by atoms with Crippen LogP contribution in [0, 0.1) is 6.92 Å². The van der Waals surface area contributed by atoms with Crippen molar-refractivity contribution in [3.05, 3.63) is 82.9 Å². The van der Waals surface area contributed by atoms with Gasteiger partial charge < -0.3 is 20.6 Å². The van der Waals surface area contributed by atoms with Crippen molar-refractivity contribution in [2.45, 2.75) is 19.9 Å². The Bertz CT molecular complexity index is 1180. The summed E-state index contributed by atoms with van der Waals surface area (Å²) in [5.41, 5.74) is 4.32. The van der Waals surface area contributed by atoms with E-state index in [0.717, 1.165) is 16.7 Å². The molecule has 3 aromatic rings. The minimum atomic E-state index is -1.06. The van der Waals surface area contributed by atoms with E-state index < -0.39 is 12.0 Å². The number of carboxylic acid groups (broad SMARTS) is 1. The van der Waals surface area contributed by atoms with Gasteiger partial charge in [-0.15, -0.1) is 0 Å². The van der Waals surface area contributed by atoms with Gasteiger partial charge in [0.05, 0.1) is 0 Å². The van der Waals surface area contributed by atoms with Crippen molar-refractivity contribution in [2.75, 3.05) is 17.7 Å². The fourth-order valence-corrected chi connectivity index (χ4v) is 3.24. The molecule has 0 aromatic heterocycles. The second-order valence-electron chi connectivity index (χ2n) is 7.63. The lowest BCUT2D eigenvalue weighted by molar-refractivity contribution is -0.141. The second kappa shape index (κ2) is 10.2. The molecule has 7 nitrogen and oxygen atoms in total. The van der Waals surface area contributed by atoms with Gasteiger partial charge in [-0.25, -0.2) is 9.59 Å². The molecule has 0 unspecified atom stereocenters. The average Bonchev–Trinajstić information content (AvgIpc) is 2.80. The Labute approximate surface area is 197 Å². The normalized spacial score (nSPS) is 11.4. The standard InChI is InChI=1S/C25H24ClN3O4/c1-15-4-11-21(14-22(15)26)28-25(33)27-20-12-9-18(10-13-20)17-5-7-19(8-6-17)23(30)29(3)16(2)24(31)32/h4-14,16H,1-3H3,(H,31,32)(H2,27,28,33)/t16-/m0/s1. The van der Waals surface area contributed by atoms with E-state index in [1.54, 1.807) is 48.5 Å². The maximum Gasteiger partial charge on any atom is 0.326 e. The minimum absolute atomic E-state index is 0.364. The van der Waals surface area contributed by atoms with Crippen molar-refractivity contribution >= 4 is 40.9 Å². The molecule has 8 heteroatoms. The van der Waals surface area contributed by atoms with Gasteiger partial charge in [0.2, 0.25) is 0 Å². The number of nitrogens with zero attached hydrogens (tertiary/aromatic N) is 1. The number of aliphatic carboxylic acids is 1. The number of hydrogen-bond donors (Lipinski definition) is 3. The molecule has 3 aromatic carbocycles. The van der Waals surface area contributed by atoms with Crippen LogP contribution in [0.1, 0.15) is 22.8 Å². The zero-order valence-electron chi connectivity index (χ0n) is 18.4. The fourth-order valence-electron chi connectivity index (χ4n) is 3.06. The van der Waals surface area contributed by atoms with Crippen LogP contribution in [0.3, 0.4) is 0 Å². The summed E-state index contributed by atoms with van der Waals surface area (Å²) >= 11 is 6.09. The molecule has 3 amide bonds. The zero-order valence-corrected chi connectivity index (χ0v) is 19.2. The quantitative estimate of drug-likeness (QED) is 0.447. The lowest BCUT2D eigenvalue weighted by Crippen LogP contribution is -2.40. The molecular formula is C25H24ClN3O4. The predicted octanol–water partition coefficient (Wildman–Crippen LogP) is 5.50. The van der Waals surface area contributed by atoms with Gasteiger partial charge in [-0.2, -0.15) is 0 Å². The predicted molar refractivity (Wildman–Crippen MR) is 130 cm³/mol. The number of benzene rings is 3. The molecule has 170 valence electrons. The summed E-state index contributed by atoms with van der Waals surface area (Å²) in [5, 5.41) is 15.2. The lowest BCUT2D eigenvalue weighted by Gasteiger charge is -2.21. The fraction of sp³-hybridized carbons (Fsp3) is 0.160. The van der Waals surface area contributed by atoms with Gasteiger partial charge in [-0.3, -0.25) is 4.79 Å². The zero-order chi connectivity index (χ0) is 24.1. The highest BCUT2D eigenvalue weighted by molar-refractivity contribution is 6.31. The van der Waals surface area contributed by atoms with Crippen LogP contribution in [0.2, 0.25) is 5.02 Å². The highest BCUT2D eigenvalue weighted by Crippen LogP contribution is 2.23. The van der Waals surface area contributed by atoms with E-state index >= 15 is 0 Å². The summed E-state index contributed by atoms with van der Waals surface area (Å²) < 4.78 is 0. The molecule has 0 aliphatic carbocycles. The number of anilines is 2. The van der Waals surface area contributed by atoms with Gasteiger partial charge in [0.25, 0.3) is 5.91 Å². The first-order valence-electron chi connectivity index (χ1n) is 10.2. The molecule has 0 saturated carbocycles. The van der Waals surface area contributed by atoms with Gasteiger partial charge in [0.1, 0.15) is 6.04 Å². The van der Waals surface area contributed by atoms with Crippen LogP contribution >= 0.6 is 11.6 Å². The summed E-state index contributed by atoms with van der Waals surface area (Å²) in [6.07, 6.45) is 0. The number of carbonyl (C=O) groups is 3. The highest BCUT2D eigenvalue weighted by Gasteiger charge is 2.22. The number of aryl methyl sites for hydroxylation is 1. The van der Waals surface area contributed by atoms with E-state index in [0.29, 0.717) is 22.0 Å². The van der Waals surface area contributed by atoms with Gasteiger partial charge >= 0.3 is 12.0 Å². The van der Waals surface area contributed by atoms with Gasteiger partial charge in [0.15, 0.2) is 0 Å². The number of carboxylic acids is 1. The van der Waals surface area contributed by atoms with Crippen molar-refractivity contribution < 1.29 is 19.5 Å². The molecule has 0 saturated heterocycles. The largest absolute Gasteiger partial charge is 0.480 e. The van der Waals surface area contributed by atoms with Crippen LogP contribution in [0.15, 0.2) is 66.7 Å². The van der Waals surface area contributed by atoms with Crippen LogP contribution in [-0.2, 0) is 4.79 Å². The number of carbonyl (C=O) groups excluding carboxylic acids is 2. The van der Waals surface area contributed by atoms with Gasteiger partial charge in [0, 0.05) is 29.0 Å². The first-order chi connectivity index (χ1) is 15.7. The first kappa shape index (κ1) is 23.8. The average molecular weight is 466 g/mol. The third-order valence-corrected chi connectivity index (χ3v) is 5.70. The maximum absolute atomic E-state index is 12.5. The van der Waals surface area contributed by atoms with E-state index in [-0.39, 0.29) is 11.9 Å². The summed E-state index contributed by atoms with van der Waals surface area (Å²) in [4.78, 5) is 37.0. The molecule has 0 heterocycles. The number of nitrogens with one attached hydrogen (secondary N) is 2. The van der Waals surface area contributed by atoms with Gasteiger partial charge in [-0.05, 0) is 66.9 Å². The molecule has 1 atom stereocenters. The Morgan fingerprint density at radius 2 is 1.39 bits per heavy atom. The van der Waals surface area contributed by atoms with E-state index in [4.69, 9.17) is 16.7 Å². The second-order valence-corrected chi connectivity index (χ2v) is 8.04. The van der Waals surface area contributed by atoms with Crippen molar-refractivity contribution in [3.8, 4) is 11.1 Å². The number of likely N-dealkylation sites (N-methyl/N-ethyl adjacent to an activating group) is 1. The van der Waals surface area contributed by atoms with Gasteiger partial charge in [-0.1, -0.05) is 41.9 Å². The van der Waals surface area contributed by atoms with Crippen LogP contribution < -0.4 is 10.6 Å². The molecule has 3 rings (SSSR count). The number of amides is 3. The first-order valence-corrected chi connectivity index (χ1v) is 10.6. The molecule has 0 aliphatic heterocycles. The summed E-state index contributed by atoms with van der Waals surface area (Å²) in [6, 6.07) is 18.2. The Balaban J connectivity index is 1.63. The summed E-state index contributed by atoms with van der Waals surface area (Å²) in [7, 11) is 1.46.